The zero-order valence-corrected chi connectivity index (χ0v) is 10.7. The molecule has 0 aromatic heterocycles. The lowest BCUT2D eigenvalue weighted by Crippen LogP contribution is -2.16. The van der Waals surface area contributed by atoms with Gasteiger partial charge in [0.1, 0.15) is 0 Å². The summed E-state index contributed by atoms with van der Waals surface area (Å²) in [5.41, 5.74) is 0.189. The topological polar surface area (TPSA) is 104 Å². The standard InChI is InChI=1S/C15H11NO5/c17-13(11-6-1-2-7-12(11)15(20)21)16-10-5-3-4-9(8-10)14(18)19/h1-8H,(H,16,17)(H,18,19)(H,20,21). The molecule has 6 heteroatoms. The molecular formula is C15H11NO5. The predicted molar refractivity (Wildman–Crippen MR) is 74.8 cm³/mol. The fourth-order valence-corrected chi connectivity index (χ4v) is 1.80. The van der Waals surface area contributed by atoms with Crippen LogP contribution in [0.25, 0.3) is 0 Å². The molecule has 106 valence electrons. The summed E-state index contributed by atoms with van der Waals surface area (Å²) in [6, 6.07) is 11.5. The Morgan fingerprint density at radius 2 is 1.48 bits per heavy atom. The molecule has 0 aliphatic heterocycles. The maximum absolute atomic E-state index is 12.1. The van der Waals surface area contributed by atoms with Gasteiger partial charge >= 0.3 is 11.9 Å². The minimum absolute atomic E-state index is 0.00530. The highest BCUT2D eigenvalue weighted by atomic mass is 16.4. The largest absolute Gasteiger partial charge is 0.478 e. The second-order valence-corrected chi connectivity index (χ2v) is 4.19. The summed E-state index contributed by atoms with van der Waals surface area (Å²) >= 11 is 0. The molecule has 0 atom stereocenters. The number of hydrogen-bond donors (Lipinski definition) is 3. The highest BCUT2D eigenvalue weighted by Crippen LogP contribution is 2.15. The van der Waals surface area contributed by atoms with Gasteiger partial charge in [0.15, 0.2) is 0 Å². The number of rotatable bonds is 4. The molecule has 0 aliphatic rings. The van der Waals surface area contributed by atoms with Crippen LogP contribution in [-0.4, -0.2) is 28.1 Å². The average molecular weight is 285 g/mol. The first-order valence-corrected chi connectivity index (χ1v) is 5.96. The molecule has 0 fully saturated rings. The number of anilines is 1. The van der Waals surface area contributed by atoms with E-state index in [0.29, 0.717) is 0 Å². The molecule has 2 aromatic carbocycles. The quantitative estimate of drug-likeness (QED) is 0.799. The maximum Gasteiger partial charge on any atom is 0.336 e. The molecule has 0 aliphatic carbocycles. The molecule has 0 bridgehead atoms. The lowest BCUT2D eigenvalue weighted by Gasteiger charge is -2.08. The third kappa shape index (κ3) is 3.24. The van der Waals surface area contributed by atoms with Gasteiger partial charge in [0.25, 0.3) is 5.91 Å². The van der Waals surface area contributed by atoms with E-state index in [1.165, 1.54) is 42.5 Å². The number of nitrogens with one attached hydrogen (secondary N) is 1. The highest BCUT2D eigenvalue weighted by Gasteiger charge is 2.16. The summed E-state index contributed by atoms with van der Waals surface area (Å²) in [6.45, 7) is 0. The first kappa shape index (κ1) is 14.3. The van der Waals surface area contributed by atoms with Crippen LogP contribution in [0.2, 0.25) is 0 Å². The van der Waals surface area contributed by atoms with E-state index in [1.54, 1.807) is 6.07 Å². The van der Waals surface area contributed by atoms with Crippen LogP contribution >= 0.6 is 0 Å². The summed E-state index contributed by atoms with van der Waals surface area (Å²) in [7, 11) is 0. The molecule has 0 heterocycles. The second kappa shape index (κ2) is 5.87. The number of amides is 1. The molecule has 2 aromatic rings. The number of carbonyl (C=O) groups excluding carboxylic acids is 1. The molecule has 1 amide bonds. The zero-order chi connectivity index (χ0) is 15.4. The minimum atomic E-state index is -1.21. The van der Waals surface area contributed by atoms with Gasteiger partial charge in [-0.3, -0.25) is 4.79 Å². The fourth-order valence-electron chi connectivity index (χ4n) is 1.80. The number of aromatic carboxylic acids is 2. The summed E-state index contributed by atoms with van der Waals surface area (Å²) < 4.78 is 0. The van der Waals surface area contributed by atoms with Gasteiger partial charge in [-0.1, -0.05) is 18.2 Å². The van der Waals surface area contributed by atoms with Crippen molar-refractivity contribution >= 4 is 23.5 Å². The van der Waals surface area contributed by atoms with E-state index in [4.69, 9.17) is 10.2 Å². The Morgan fingerprint density at radius 3 is 2.10 bits per heavy atom. The van der Waals surface area contributed by atoms with Crippen LogP contribution in [0, 0.1) is 0 Å². The second-order valence-electron chi connectivity index (χ2n) is 4.19. The van der Waals surface area contributed by atoms with Crippen molar-refractivity contribution < 1.29 is 24.6 Å². The van der Waals surface area contributed by atoms with Crippen molar-refractivity contribution in [2.45, 2.75) is 0 Å². The number of hydrogen-bond acceptors (Lipinski definition) is 3. The van der Waals surface area contributed by atoms with Crippen LogP contribution in [0.4, 0.5) is 5.69 Å². The number of benzene rings is 2. The Bertz CT molecular complexity index is 724. The van der Waals surface area contributed by atoms with Gasteiger partial charge in [-0.05, 0) is 30.3 Å². The molecule has 2 rings (SSSR count). The lowest BCUT2D eigenvalue weighted by atomic mass is 10.1. The summed E-state index contributed by atoms with van der Waals surface area (Å²) in [4.78, 5) is 34.0. The molecule has 0 saturated carbocycles. The zero-order valence-electron chi connectivity index (χ0n) is 10.7. The van der Waals surface area contributed by atoms with Crippen LogP contribution in [-0.2, 0) is 0 Å². The molecular weight excluding hydrogens is 274 g/mol. The van der Waals surface area contributed by atoms with Crippen molar-refractivity contribution in [2.75, 3.05) is 5.32 Å². The van der Waals surface area contributed by atoms with Crippen LogP contribution in [0.1, 0.15) is 31.1 Å². The van der Waals surface area contributed by atoms with Crippen molar-refractivity contribution in [3.63, 3.8) is 0 Å². The SMILES string of the molecule is O=C(O)c1cccc(NC(=O)c2ccccc2C(=O)O)c1. The van der Waals surface area contributed by atoms with E-state index >= 15 is 0 Å². The van der Waals surface area contributed by atoms with Crippen LogP contribution in [0.15, 0.2) is 48.5 Å². The molecule has 0 spiro atoms. The Labute approximate surface area is 119 Å². The summed E-state index contributed by atoms with van der Waals surface area (Å²) in [5.74, 6) is -2.94. The van der Waals surface area contributed by atoms with Gasteiger partial charge < -0.3 is 15.5 Å². The van der Waals surface area contributed by atoms with Crippen LogP contribution in [0.3, 0.4) is 0 Å². The van der Waals surface area contributed by atoms with E-state index in [9.17, 15) is 14.4 Å². The van der Waals surface area contributed by atoms with Gasteiger partial charge in [-0.25, -0.2) is 9.59 Å². The number of carboxylic acids is 2. The van der Waals surface area contributed by atoms with Gasteiger partial charge in [-0.15, -0.1) is 0 Å². The third-order valence-electron chi connectivity index (χ3n) is 2.77. The van der Waals surface area contributed by atoms with Crippen molar-refractivity contribution in [2.24, 2.45) is 0 Å². The number of carbonyl (C=O) groups is 3. The minimum Gasteiger partial charge on any atom is -0.478 e. The smallest absolute Gasteiger partial charge is 0.336 e. The molecule has 0 radical (unpaired) electrons. The average Bonchev–Trinajstić information content (AvgIpc) is 2.47. The molecule has 0 unspecified atom stereocenters. The Balaban J connectivity index is 2.28. The summed E-state index contributed by atoms with van der Waals surface area (Å²) in [6.07, 6.45) is 0. The van der Waals surface area contributed by atoms with E-state index in [2.05, 4.69) is 5.32 Å². The predicted octanol–water partition coefficient (Wildman–Crippen LogP) is 2.34. The fraction of sp³-hybridized carbons (Fsp3) is 0. The molecule has 0 saturated heterocycles. The lowest BCUT2D eigenvalue weighted by molar-refractivity contribution is 0.0685. The van der Waals surface area contributed by atoms with Crippen molar-refractivity contribution in [1.29, 1.82) is 0 Å². The Morgan fingerprint density at radius 1 is 0.810 bits per heavy atom. The molecule has 3 N–H and O–H groups in total. The van der Waals surface area contributed by atoms with Gasteiger partial charge in [0, 0.05) is 5.69 Å². The first-order chi connectivity index (χ1) is 9.99. The van der Waals surface area contributed by atoms with E-state index in [0.717, 1.165) is 0 Å². The van der Waals surface area contributed by atoms with Crippen molar-refractivity contribution in [3.8, 4) is 0 Å². The number of carboxylic acid groups (broad SMARTS) is 2. The first-order valence-electron chi connectivity index (χ1n) is 5.96. The van der Waals surface area contributed by atoms with Crippen LogP contribution < -0.4 is 5.32 Å². The highest BCUT2D eigenvalue weighted by molar-refractivity contribution is 6.10. The normalized spacial score (nSPS) is 9.90. The maximum atomic E-state index is 12.1. The Hall–Kier alpha value is -3.15. The third-order valence-corrected chi connectivity index (χ3v) is 2.77. The van der Waals surface area contributed by atoms with Crippen LogP contribution in [0.5, 0.6) is 0 Å². The summed E-state index contributed by atoms with van der Waals surface area (Å²) in [5, 5.41) is 20.4. The van der Waals surface area contributed by atoms with E-state index in [1.807, 2.05) is 0 Å². The van der Waals surface area contributed by atoms with E-state index in [-0.39, 0.29) is 22.4 Å². The molecule has 6 nitrogen and oxygen atoms in total. The Kier molecular flexibility index (Phi) is 3.99. The molecule has 21 heavy (non-hydrogen) atoms. The monoisotopic (exact) mass is 285 g/mol. The van der Waals surface area contributed by atoms with Gasteiger partial charge in [-0.2, -0.15) is 0 Å². The van der Waals surface area contributed by atoms with Crippen molar-refractivity contribution in [3.05, 3.63) is 65.2 Å². The van der Waals surface area contributed by atoms with Gasteiger partial charge in [0.05, 0.1) is 16.7 Å². The van der Waals surface area contributed by atoms with Gasteiger partial charge in [0.2, 0.25) is 0 Å². The van der Waals surface area contributed by atoms with E-state index < -0.39 is 17.8 Å². The van der Waals surface area contributed by atoms with Crippen molar-refractivity contribution in [1.82, 2.24) is 0 Å².